The first-order valence-electron chi connectivity index (χ1n) is 5.96. The Morgan fingerprint density at radius 1 is 1.10 bits per heavy atom. The van der Waals surface area contributed by atoms with Gasteiger partial charge < -0.3 is 5.73 Å². The van der Waals surface area contributed by atoms with Gasteiger partial charge in [0.15, 0.2) is 0 Å². The third-order valence-electron chi connectivity index (χ3n) is 3.06. The number of nitrogens with two attached hydrogens (primary N) is 2. The quantitative estimate of drug-likeness (QED) is 0.460. The van der Waals surface area contributed by atoms with Gasteiger partial charge in [-0.2, -0.15) is 0 Å². The van der Waals surface area contributed by atoms with Gasteiger partial charge in [0.1, 0.15) is 5.82 Å². The second-order valence-electron chi connectivity index (χ2n) is 4.43. The molecule has 2 aromatic carbocycles. The molecule has 0 saturated heterocycles. The van der Waals surface area contributed by atoms with Crippen LogP contribution in [0.1, 0.15) is 17.2 Å². The zero-order valence-electron chi connectivity index (χ0n) is 10.5. The topological polar surface area (TPSA) is 64.1 Å². The molecule has 0 radical (unpaired) electrons. The lowest BCUT2D eigenvalue weighted by Gasteiger charge is -2.19. The summed E-state index contributed by atoms with van der Waals surface area (Å²) in [6.07, 6.45) is 0.328. The van der Waals surface area contributed by atoms with Crippen LogP contribution >= 0.6 is 23.2 Å². The normalized spacial score (nSPS) is 12.4. The lowest BCUT2D eigenvalue weighted by Crippen LogP contribution is -2.30. The average Bonchev–Trinajstić information content (AvgIpc) is 2.40. The van der Waals surface area contributed by atoms with Crippen LogP contribution in [0.3, 0.4) is 0 Å². The van der Waals surface area contributed by atoms with E-state index in [1.165, 1.54) is 12.1 Å². The van der Waals surface area contributed by atoms with Gasteiger partial charge in [0.05, 0.1) is 6.04 Å². The minimum Gasteiger partial charge on any atom is -0.398 e. The van der Waals surface area contributed by atoms with Gasteiger partial charge in [-0.3, -0.25) is 11.3 Å². The van der Waals surface area contributed by atoms with Crippen molar-refractivity contribution < 1.29 is 4.39 Å². The lowest BCUT2D eigenvalue weighted by atomic mass is 9.98. The molecule has 0 fully saturated rings. The van der Waals surface area contributed by atoms with E-state index in [0.29, 0.717) is 27.7 Å². The van der Waals surface area contributed by atoms with Crippen LogP contribution in [0.25, 0.3) is 0 Å². The number of rotatable bonds is 4. The monoisotopic (exact) mass is 313 g/mol. The van der Waals surface area contributed by atoms with E-state index >= 15 is 0 Å². The van der Waals surface area contributed by atoms with Gasteiger partial charge in [0.25, 0.3) is 0 Å². The molecule has 0 bridgehead atoms. The molecule has 0 saturated carbocycles. The van der Waals surface area contributed by atoms with Crippen molar-refractivity contribution in [3.8, 4) is 0 Å². The van der Waals surface area contributed by atoms with Crippen LogP contribution in [0.15, 0.2) is 36.4 Å². The molecule has 3 nitrogen and oxygen atoms in total. The summed E-state index contributed by atoms with van der Waals surface area (Å²) in [5, 5.41) is 1.01. The Morgan fingerprint density at radius 3 is 2.40 bits per heavy atom. The molecule has 0 aliphatic carbocycles. The first-order chi connectivity index (χ1) is 9.51. The number of nitrogen functional groups attached to an aromatic ring is 1. The van der Waals surface area contributed by atoms with Gasteiger partial charge in [0.2, 0.25) is 0 Å². The second kappa shape index (κ2) is 6.41. The van der Waals surface area contributed by atoms with Gasteiger partial charge in [0, 0.05) is 15.7 Å². The van der Waals surface area contributed by atoms with Gasteiger partial charge in [-0.1, -0.05) is 29.3 Å². The lowest BCUT2D eigenvalue weighted by molar-refractivity contribution is 0.530. The van der Waals surface area contributed by atoms with Gasteiger partial charge in [-0.15, -0.1) is 0 Å². The zero-order chi connectivity index (χ0) is 14.7. The fourth-order valence-electron chi connectivity index (χ4n) is 2.04. The molecule has 0 spiro atoms. The summed E-state index contributed by atoms with van der Waals surface area (Å²) in [7, 11) is 0. The van der Waals surface area contributed by atoms with Crippen LogP contribution in [-0.2, 0) is 6.42 Å². The predicted octanol–water partition coefficient (Wildman–Crippen LogP) is 3.46. The van der Waals surface area contributed by atoms with Crippen molar-refractivity contribution in [1.29, 1.82) is 0 Å². The van der Waals surface area contributed by atoms with Crippen LogP contribution < -0.4 is 17.0 Å². The van der Waals surface area contributed by atoms with E-state index in [-0.39, 0.29) is 11.9 Å². The molecule has 5 N–H and O–H groups in total. The molecular formula is C14H14Cl2FN3. The highest BCUT2D eigenvalue weighted by Crippen LogP contribution is 2.27. The maximum absolute atomic E-state index is 13.8. The van der Waals surface area contributed by atoms with E-state index in [4.69, 9.17) is 34.8 Å². The smallest absolute Gasteiger partial charge is 0.126 e. The zero-order valence-corrected chi connectivity index (χ0v) is 12.0. The molecule has 20 heavy (non-hydrogen) atoms. The third kappa shape index (κ3) is 3.41. The van der Waals surface area contributed by atoms with Crippen molar-refractivity contribution in [3.05, 3.63) is 63.4 Å². The molecule has 2 rings (SSSR count). The number of anilines is 1. The molecular weight excluding hydrogens is 300 g/mol. The van der Waals surface area contributed by atoms with Crippen LogP contribution in [-0.4, -0.2) is 0 Å². The van der Waals surface area contributed by atoms with Crippen molar-refractivity contribution in [3.63, 3.8) is 0 Å². The van der Waals surface area contributed by atoms with E-state index in [1.807, 2.05) is 0 Å². The highest BCUT2D eigenvalue weighted by atomic mass is 35.5. The summed E-state index contributed by atoms with van der Waals surface area (Å²) in [5.74, 6) is 5.22. The molecule has 106 valence electrons. The Bertz CT molecular complexity index is 619. The molecule has 0 amide bonds. The Morgan fingerprint density at radius 2 is 1.75 bits per heavy atom. The van der Waals surface area contributed by atoms with E-state index in [0.717, 1.165) is 5.56 Å². The number of hydrogen-bond acceptors (Lipinski definition) is 3. The van der Waals surface area contributed by atoms with Crippen molar-refractivity contribution in [2.24, 2.45) is 5.84 Å². The SMILES string of the molecule is NNC(Cc1cc(Cl)ccc1F)c1ccc(Cl)cc1N. The maximum atomic E-state index is 13.8. The van der Waals surface area contributed by atoms with E-state index in [9.17, 15) is 4.39 Å². The Labute approximate surface area is 126 Å². The van der Waals surface area contributed by atoms with Crippen molar-refractivity contribution in [2.45, 2.75) is 12.5 Å². The largest absolute Gasteiger partial charge is 0.398 e. The van der Waals surface area contributed by atoms with Gasteiger partial charge in [-0.25, -0.2) is 4.39 Å². The summed E-state index contributed by atoms with van der Waals surface area (Å²) < 4.78 is 13.8. The van der Waals surface area contributed by atoms with Gasteiger partial charge in [-0.05, 0) is 47.9 Å². The summed E-state index contributed by atoms with van der Waals surface area (Å²) >= 11 is 11.7. The predicted molar refractivity (Wildman–Crippen MR) is 81.0 cm³/mol. The Balaban J connectivity index is 2.31. The maximum Gasteiger partial charge on any atom is 0.126 e. The van der Waals surface area contributed by atoms with Crippen LogP contribution in [0.2, 0.25) is 10.0 Å². The van der Waals surface area contributed by atoms with Crippen molar-refractivity contribution in [1.82, 2.24) is 5.43 Å². The first-order valence-corrected chi connectivity index (χ1v) is 6.72. The van der Waals surface area contributed by atoms with Gasteiger partial charge >= 0.3 is 0 Å². The second-order valence-corrected chi connectivity index (χ2v) is 5.31. The van der Waals surface area contributed by atoms with E-state index in [2.05, 4.69) is 5.43 Å². The molecule has 6 heteroatoms. The standard InChI is InChI=1S/C14H14Cl2FN3/c15-9-2-4-12(17)8(5-9)6-14(20-19)11-3-1-10(16)7-13(11)18/h1-5,7,14,20H,6,18-19H2. The van der Waals surface area contributed by atoms with E-state index in [1.54, 1.807) is 24.3 Å². The number of hydrazine groups is 1. The Hall–Kier alpha value is -1.33. The molecule has 0 heterocycles. The Kier molecular flexibility index (Phi) is 4.83. The van der Waals surface area contributed by atoms with Crippen LogP contribution in [0.5, 0.6) is 0 Å². The highest BCUT2D eigenvalue weighted by Gasteiger charge is 2.16. The summed E-state index contributed by atoms with van der Waals surface area (Å²) in [6, 6.07) is 9.19. The molecule has 0 aliphatic rings. The van der Waals surface area contributed by atoms with Crippen LogP contribution in [0.4, 0.5) is 10.1 Å². The van der Waals surface area contributed by atoms with E-state index < -0.39 is 0 Å². The summed E-state index contributed by atoms with van der Waals surface area (Å²) in [5.41, 5.74) is 10.3. The number of benzene rings is 2. The minimum absolute atomic E-state index is 0.328. The molecule has 1 atom stereocenters. The van der Waals surface area contributed by atoms with Crippen molar-refractivity contribution in [2.75, 3.05) is 5.73 Å². The number of nitrogens with one attached hydrogen (secondary N) is 1. The molecule has 1 unspecified atom stereocenters. The van der Waals surface area contributed by atoms with Crippen LogP contribution in [0, 0.1) is 5.82 Å². The molecule has 0 aromatic heterocycles. The number of hydrogen-bond donors (Lipinski definition) is 3. The average molecular weight is 314 g/mol. The fraction of sp³-hybridized carbons (Fsp3) is 0.143. The first kappa shape index (κ1) is 15.1. The fourth-order valence-corrected chi connectivity index (χ4v) is 2.42. The molecule has 2 aromatic rings. The summed E-state index contributed by atoms with van der Waals surface area (Å²) in [4.78, 5) is 0. The third-order valence-corrected chi connectivity index (χ3v) is 3.53. The minimum atomic E-state index is -0.333. The number of halogens is 3. The highest BCUT2D eigenvalue weighted by molar-refractivity contribution is 6.31. The molecule has 0 aliphatic heterocycles. The van der Waals surface area contributed by atoms with Crippen molar-refractivity contribution >= 4 is 28.9 Å². The summed E-state index contributed by atoms with van der Waals surface area (Å²) in [6.45, 7) is 0.